The van der Waals surface area contributed by atoms with Crippen molar-refractivity contribution in [2.24, 2.45) is 0 Å². The number of aryl methyl sites for hydroxylation is 1. The van der Waals surface area contributed by atoms with Crippen molar-refractivity contribution in [2.75, 3.05) is 40.5 Å². The van der Waals surface area contributed by atoms with Gasteiger partial charge in [-0.1, -0.05) is 24.3 Å². The number of nitro benzene ring substituents is 1. The van der Waals surface area contributed by atoms with E-state index < -0.39 is 28.8 Å². The Morgan fingerprint density at radius 1 is 1.00 bits per heavy atom. The summed E-state index contributed by atoms with van der Waals surface area (Å²) in [6.45, 7) is 1.80. The van der Waals surface area contributed by atoms with Gasteiger partial charge < -0.3 is 28.6 Å². The monoisotopic (exact) mass is 699 g/mol. The number of aliphatic hydroxyl groups is 1. The van der Waals surface area contributed by atoms with E-state index in [2.05, 4.69) is 0 Å². The molecule has 1 aromatic heterocycles. The van der Waals surface area contributed by atoms with E-state index in [0.29, 0.717) is 48.7 Å². The summed E-state index contributed by atoms with van der Waals surface area (Å²) in [6.07, 6.45) is -2.69. The number of rotatable bonds is 14. The van der Waals surface area contributed by atoms with Gasteiger partial charge in [0.1, 0.15) is 11.9 Å². The van der Waals surface area contributed by atoms with Crippen LogP contribution in [0, 0.1) is 10.1 Å². The highest BCUT2D eigenvalue weighted by Crippen LogP contribution is 2.44. The molecule has 0 bridgehead atoms. The molecule has 1 N–H and O–H groups in total. The molecule has 3 aromatic carbocycles. The average molecular weight is 700 g/mol. The van der Waals surface area contributed by atoms with Gasteiger partial charge in [0.05, 0.1) is 37.8 Å². The number of carbonyl (C=O) groups excluding carboxylic acids is 1. The van der Waals surface area contributed by atoms with Gasteiger partial charge in [-0.25, -0.2) is 0 Å². The van der Waals surface area contributed by atoms with E-state index in [0.717, 1.165) is 11.6 Å². The Morgan fingerprint density at radius 3 is 2.38 bits per heavy atom. The van der Waals surface area contributed by atoms with Crippen molar-refractivity contribution < 1.29 is 46.9 Å². The molecule has 1 saturated heterocycles. The second kappa shape index (κ2) is 15.4. The molecule has 0 spiro atoms. The number of halogens is 3. The third-order valence-electron chi connectivity index (χ3n) is 8.96. The summed E-state index contributed by atoms with van der Waals surface area (Å²) in [5.41, 5.74) is -2.28. The van der Waals surface area contributed by atoms with Gasteiger partial charge >= 0.3 is 12.1 Å². The number of alkyl halides is 3. The number of hydrogen-bond acceptors (Lipinski definition) is 9. The van der Waals surface area contributed by atoms with Crippen LogP contribution in [-0.4, -0.2) is 78.2 Å². The Labute approximate surface area is 287 Å². The topological polar surface area (TPSA) is 126 Å². The second-order valence-corrected chi connectivity index (χ2v) is 12.2. The maximum atomic E-state index is 15.0. The minimum Gasteiger partial charge on any atom is -0.496 e. The molecule has 1 aliphatic heterocycles. The molecule has 4 aromatic rings. The number of ether oxygens (including phenoxy) is 4. The number of esters is 1. The Morgan fingerprint density at radius 2 is 1.72 bits per heavy atom. The van der Waals surface area contributed by atoms with Gasteiger partial charge in [-0.3, -0.25) is 19.8 Å². The summed E-state index contributed by atoms with van der Waals surface area (Å²) in [6, 6.07) is 15.9. The van der Waals surface area contributed by atoms with Crippen LogP contribution in [0.2, 0.25) is 0 Å². The van der Waals surface area contributed by atoms with E-state index in [9.17, 15) is 33.2 Å². The van der Waals surface area contributed by atoms with Gasteiger partial charge in [0.15, 0.2) is 11.5 Å². The molecule has 2 heterocycles. The number of aromatic nitrogens is 1. The third-order valence-corrected chi connectivity index (χ3v) is 8.96. The number of nitro groups is 1. The number of benzene rings is 3. The summed E-state index contributed by atoms with van der Waals surface area (Å²) in [5.74, 6) is 1.16. The van der Waals surface area contributed by atoms with E-state index in [1.165, 1.54) is 37.1 Å². The number of methoxy groups -OCH3 is 2. The maximum Gasteiger partial charge on any atom is 0.422 e. The fourth-order valence-electron chi connectivity index (χ4n) is 6.33. The fourth-order valence-corrected chi connectivity index (χ4v) is 6.33. The molecule has 1 atom stereocenters. The fraction of sp³-hybridized carbons (Fsp3) is 0.417. The zero-order chi connectivity index (χ0) is 36.1. The van der Waals surface area contributed by atoms with Crippen molar-refractivity contribution in [2.45, 2.75) is 57.0 Å². The lowest BCUT2D eigenvalue weighted by Gasteiger charge is -2.39. The molecule has 0 radical (unpaired) electrons. The summed E-state index contributed by atoms with van der Waals surface area (Å²) < 4.78 is 68.5. The van der Waals surface area contributed by atoms with Crippen LogP contribution >= 0.6 is 0 Å². The van der Waals surface area contributed by atoms with Gasteiger partial charge in [0, 0.05) is 60.9 Å². The van der Waals surface area contributed by atoms with Gasteiger partial charge in [-0.2, -0.15) is 13.2 Å². The largest absolute Gasteiger partial charge is 0.496 e. The van der Waals surface area contributed by atoms with Crippen LogP contribution in [0.1, 0.15) is 42.9 Å². The molecule has 0 saturated carbocycles. The predicted octanol–water partition coefficient (Wildman–Crippen LogP) is 6.40. The van der Waals surface area contributed by atoms with Crippen LogP contribution in [0.15, 0.2) is 66.9 Å². The van der Waals surface area contributed by atoms with Crippen LogP contribution < -0.4 is 14.2 Å². The number of carbonyl (C=O) groups is 1. The number of non-ortho nitro benzene ring substituents is 1. The molecule has 268 valence electrons. The number of piperidine rings is 1. The highest BCUT2D eigenvalue weighted by Gasteiger charge is 2.57. The molecule has 1 aliphatic rings. The van der Waals surface area contributed by atoms with Crippen LogP contribution in [0.5, 0.6) is 17.2 Å². The first-order valence-corrected chi connectivity index (χ1v) is 16.3. The summed E-state index contributed by atoms with van der Waals surface area (Å²) in [7, 11) is 2.98. The molecule has 0 amide bonds. The third kappa shape index (κ3) is 7.97. The van der Waals surface area contributed by atoms with Gasteiger partial charge in [0.2, 0.25) is 5.60 Å². The summed E-state index contributed by atoms with van der Waals surface area (Å²) in [5, 5.41) is 23.3. The Bertz CT molecular complexity index is 1820. The van der Waals surface area contributed by atoms with Crippen molar-refractivity contribution in [3.05, 3.63) is 93.7 Å². The zero-order valence-electron chi connectivity index (χ0n) is 28.1. The minimum absolute atomic E-state index is 0.0498. The van der Waals surface area contributed by atoms with Crippen molar-refractivity contribution in [1.29, 1.82) is 0 Å². The lowest BCUT2D eigenvalue weighted by Crippen LogP contribution is -2.53. The maximum absolute atomic E-state index is 15.0. The van der Waals surface area contributed by atoms with Crippen molar-refractivity contribution in [1.82, 2.24) is 9.47 Å². The molecular weight excluding hydrogens is 659 g/mol. The normalized spacial score (nSPS) is 15.4. The second-order valence-electron chi connectivity index (χ2n) is 12.2. The number of β-amino-alcohol motifs (C(OH)–C–C–N with tert-alkyl or cyclic N) is 1. The molecule has 14 heteroatoms. The first-order chi connectivity index (χ1) is 23.9. The summed E-state index contributed by atoms with van der Waals surface area (Å²) in [4.78, 5) is 24.3. The number of nitrogens with zero attached hydrogens (tertiary/aromatic N) is 3. The number of likely N-dealkylation sites (tertiary alicyclic amines) is 1. The highest BCUT2D eigenvalue weighted by molar-refractivity contribution is 5.87. The lowest BCUT2D eigenvalue weighted by atomic mass is 9.91. The first kappa shape index (κ1) is 36.5. The van der Waals surface area contributed by atoms with Gasteiger partial charge in [-0.05, 0) is 56.0 Å². The zero-order valence-corrected chi connectivity index (χ0v) is 28.1. The minimum atomic E-state index is -5.08. The Hall–Kier alpha value is -4.82. The van der Waals surface area contributed by atoms with Crippen LogP contribution in [0.3, 0.4) is 0 Å². The van der Waals surface area contributed by atoms with Crippen LogP contribution in [0.25, 0.3) is 10.9 Å². The van der Waals surface area contributed by atoms with Crippen molar-refractivity contribution in [3.63, 3.8) is 0 Å². The molecule has 1 fully saturated rings. The average Bonchev–Trinajstić information content (AvgIpc) is 3.46. The number of hydrogen-bond donors (Lipinski definition) is 1. The van der Waals surface area contributed by atoms with E-state index in [1.54, 1.807) is 48.2 Å². The van der Waals surface area contributed by atoms with Gasteiger partial charge in [-0.15, -0.1) is 0 Å². The van der Waals surface area contributed by atoms with E-state index >= 15 is 0 Å². The Balaban J connectivity index is 1.35. The number of para-hydroxylation sites is 1. The highest BCUT2D eigenvalue weighted by atomic mass is 19.4. The summed E-state index contributed by atoms with van der Waals surface area (Å²) >= 11 is 0. The van der Waals surface area contributed by atoms with Gasteiger partial charge in [0.25, 0.3) is 5.69 Å². The molecule has 0 aliphatic carbocycles. The molecule has 5 rings (SSSR count). The van der Waals surface area contributed by atoms with Crippen molar-refractivity contribution in [3.8, 4) is 17.2 Å². The predicted molar refractivity (Wildman–Crippen MR) is 179 cm³/mol. The van der Waals surface area contributed by atoms with E-state index in [1.807, 2.05) is 6.07 Å². The molecule has 11 nitrogen and oxygen atoms in total. The molecule has 1 unspecified atom stereocenters. The van der Waals surface area contributed by atoms with Crippen LogP contribution in [0.4, 0.5) is 18.9 Å². The number of fused-ring (bicyclic) bond motifs is 1. The first-order valence-electron chi connectivity index (χ1n) is 16.3. The quantitative estimate of drug-likeness (QED) is 0.0904. The van der Waals surface area contributed by atoms with E-state index in [-0.39, 0.29) is 54.7 Å². The smallest absolute Gasteiger partial charge is 0.422 e. The molecular formula is C36H40F3N3O8. The van der Waals surface area contributed by atoms with Crippen LogP contribution in [-0.2, 0) is 28.1 Å². The SMILES string of the molecule is CCOC(=O)CCc1ccc(OC2CCN(CC(O)(c3cn(Cc4ccccc4OC)c4cc([N+](=O)[O-])ccc34)C(F)(F)F)CC2)c(OC)c1. The Kier molecular flexibility index (Phi) is 11.2. The standard InChI is InChI=1S/C36H40F3N3O8/c1-4-49-34(43)14-10-24-9-13-32(33(19-24)48-3)50-27-15-17-40(18-16-27)23-35(44,36(37,38)39)29-22-41(21-25-7-5-6-8-31(25)47-2)30-20-26(42(45)46)11-12-28(29)30/h5-9,11-13,19-20,22,27,44H,4,10,14-18,21,23H2,1-3H3. The van der Waals surface area contributed by atoms with Crippen molar-refractivity contribution >= 4 is 22.6 Å². The van der Waals surface area contributed by atoms with E-state index in [4.69, 9.17) is 18.9 Å². The lowest BCUT2D eigenvalue weighted by molar-refractivity contribution is -0.384. The molecule has 50 heavy (non-hydrogen) atoms.